The van der Waals surface area contributed by atoms with E-state index in [-0.39, 0.29) is 5.54 Å². The average molecular weight is 279 g/mol. The number of hydrogen-bond acceptors (Lipinski definition) is 4. The van der Waals surface area contributed by atoms with Crippen LogP contribution in [-0.2, 0) is 4.74 Å². The standard InChI is InChI=1S/C16H29N3O/c1-4-20-15-7-9-19(10-8-15)13(2)11-16(3,12-17)18-14-5-6-14/h13-15,18H,4-11H2,1-3H3. The average Bonchev–Trinajstić information content (AvgIpc) is 3.23. The molecule has 0 radical (unpaired) electrons. The summed E-state index contributed by atoms with van der Waals surface area (Å²) in [5.74, 6) is 0. The predicted molar refractivity (Wildman–Crippen MR) is 80.5 cm³/mol. The summed E-state index contributed by atoms with van der Waals surface area (Å²) in [6.07, 6.45) is 6.04. The summed E-state index contributed by atoms with van der Waals surface area (Å²) < 4.78 is 5.70. The molecule has 2 unspecified atom stereocenters. The van der Waals surface area contributed by atoms with Gasteiger partial charge in [0.15, 0.2) is 0 Å². The molecule has 0 spiro atoms. The molecule has 2 fully saturated rings. The number of rotatable bonds is 7. The number of piperidine rings is 1. The van der Waals surface area contributed by atoms with Crippen LogP contribution in [0.1, 0.15) is 52.9 Å². The first-order valence-electron chi connectivity index (χ1n) is 8.11. The Morgan fingerprint density at radius 1 is 1.35 bits per heavy atom. The lowest BCUT2D eigenvalue weighted by molar-refractivity contribution is 0.00324. The molecule has 114 valence electrons. The van der Waals surface area contributed by atoms with Crippen molar-refractivity contribution < 1.29 is 4.74 Å². The molecule has 2 rings (SSSR count). The first kappa shape index (κ1) is 15.8. The lowest BCUT2D eigenvalue weighted by atomic mass is 9.93. The van der Waals surface area contributed by atoms with Crippen molar-refractivity contribution in [1.82, 2.24) is 10.2 Å². The van der Waals surface area contributed by atoms with Gasteiger partial charge in [-0.05, 0) is 52.9 Å². The van der Waals surface area contributed by atoms with Gasteiger partial charge in [0, 0.05) is 31.8 Å². The zero-order chi connectivity index (χ0) is 14.6. The summed E-state index contributed by atoms with van der Waals surface area (Å²) in [6.45, 7) is 9.38. The van der Waals surface area contributed by atoms with Crippen LogP contribution in [0.2, 0.25) is 0 Å². The van der Waals surface area contributed by atoms with Gasteiger partial charge >= 0.3 is 0 Å². The van der Waals surface area contributed by atoms with Crippen LogP contribution in [0.15, 0.2) is 0 Å². The molecule has 4 heteroatoms. The maximum atomic E-state index is 9.47. The van der Waals surface area contributed by atoms with Crippen LogP contribution >= 0.6 is 0 Å². The predicted octanol–water partition coefficient (Wildman–Crippen LogP) is 2.30. The van der Waals surface area contributed by atoms with Gasteiger partial charge in [0.2, 0.25) is 0 Å². The molecule has 0 amide bonds. The molecule has 0 aromatic carbocycles. The van der Waals surface area contributed by atoms with E-state index in [1.807, 2.05) is 0 Å². The van der Waals surface area contributed by atoms with Gasteiger partial charge in [0.1, 0.15) is 5.54 Å². The fraction of sp³-hybridized carbons (Fsp3) is 0.938. The molecule has 2 aliphatic rings. The second-order valence-electron chi connectivity index (χ2n) is 6.61. The van der Waals surface area contributed by atoms with Crippen LogP contribution in [0.4, 0.5) is 0 Å². The minimum atomic E-state index is -0.378. The van der Waals surface area contributed by atoms with Gasteiger partial charge in [-0.25, -0.2) is 0 Å². The molecule has 0 aromatic heterocycles. The van der Waals surface area contributed by atoms with E-state index in [1.165, 1.54) is 12.8 Å². The van der Waals surface area contributed by atoms with Gasteiger partial charge in [-0.2, -0.15) is 5.26 Å². The number of ether oxygens (including phenoxy) is 1. The summed E-state index contributed by atoms with van der Waals surface area (Å²) >= 11 is 0. The van der Waals surface area contributed by atoms with Crippen molar-refractivity contribution in [1.29, 1.82) is 5.26 Å². The first-order chi connectivity index (χ1) is 9.56. The van der Waals surface area contributed by atoms with Gasteiger partial charge < -0.3 is 9.64 Å². The Labute approximate surface area is 123 Å². The second-order valence-corrected chi connectivity index (χ2v) is 6.61. The van der Waals surface area contributed by atoms with E-state index in [1.54, 1.807) is 0 Å². The molecule has 1 aliphatic carbocycles. The molecule has 4 nitrogen and oxygen atoms in total. The van der Waals surface area contributed by atoms with Crippen molar-refractivity contribution in [2.75, 3.05) is 19.7 Å². The van der Waals surface area contributed by atoms with Crippen molar-refractivity contribution >= 4 is 0 Å². The zero-order valence-electron chi connectivity index (χ0n) is 13.2. The highest BCUT2D eigenvalue weighted by molar-refractivity contribution is 5.08. The van der Waals surface area contributed by atoms with Gasteiger partial charge in [0.05, 0.1) is 12.2 Å². The van der Waals surface area contributed by atoms with Gasteiger partial charge in [-0.15, -0.1) is 0 Å². The molecule has 20 heavy (non-hydrogen) atoms. The Balaban J connectivity index is 1.79. The van der Waals surface area contributed by atoms with Crippen LogP contribution < -0.4 is 5.32 Å². The number of nitrogens with zero attached hydrogens (tertiary/aromatic N) is 2. The molecule has 0 bridgehead atoms. The third kappa shape index (κ3) is 4.44. The third-order valence-corrected chi connectivity index (χ3v) is 4.55. The molecular formula is C16H29N3O. The van der Waals surface area contributed by atoms with E-state index in [4.69, 9.17) is 4.74 Å². The fourth-order valence-electron chi connectivity index (χ4n) is 3.25. The number of hydrogen-bond donors (Lipinski definition) is 1. The Kier molecular flexibility index (Phi) is 5.42. The minimum absolute atomic E-state index is 0.378. The quantitative estimate of drug-likeness (QED) is 0.777. The van der Waals surface area contributed by atoms with Gasteiger partial charge in [-0.1, -0.05) is 0 Å². The van der Waals surface area contributed by atoms with E-state index < -0.39 is 0 Å². The normalized spacial score (nSPS) is 25.9. The van der Waals surface area contributed by atoms with E-state index in [2.05, 4.69) is 37.1 Å². The number of likely N-dealkylation sites (tertiary alicyclic amines) is 1. The highest BCUT2D eigenvalue weighted by Gasteiger charge is 2.35. The molecule has 1 aliphatic heterocycles. The highest BCUT2D eigenvalue weighted by Crippen LogP contribution is 2.26. The first-order valence-corrected chi connectivity index (χ1v) is 8.11. The summed E-state index contributed by atoms with van der Waals surface area (Å²) in [6, 6.07) is 3.52. The van der Waals surface area contributed by atoms with Crippen molar-refractivity contribution in [3.63, 3.8) is 0 Å². The monoisotopic (exact) mass is 279 g/mol. The van der Waals surface area contributed by atoms with Crippen molar-refractivity contribution in [2.24, 2.45) is 0 Å². The Morgan fingerprint density at radius 2 is 2.00 bits per heavy atom. The maximum absolute atomic E-state index is 9.47. The molecule has 1 heterocycles. The van der Waals surface area contributed by atoms with Crippen LogP contribution in [0.5, 0.6) is 0 Å². The molecule has 1 saturated heterocycles. The lowest BCUT2D eigenvalue weighted by Crippen LogP contribution is -2.50. The third-order valence-electron chi connectivity index (χ3n) is 4.55. The summed E-state index contributed by atoms with van der Waals surface area (Å²) in [5, 5.41) is 13.0. The van der Waals surface area contributed by atoms with Gasteiger partial charge in [-0.3, -0.25) is 5.32 Å². The lowest BCUT2D eigenvalue weighted by Gasteiger charge is -2.38. The van der Waals surface area contributed by atoms with Crippen LogP contribution in [0.25, 0.3) is 0 Å². The van der Waals surface area contributed by atoms with Crippen molar-refractivity contribution in [3.8, 4) is 6.07 Å². The van der Waals surface area contributed by atoms with Crippen LogP contribution in [0.3, 0.4) is 0 Å². The SMILES string of the molecule is CCOC1CCN(C(C)CC(C)(C#N)NC2CC2)CC1. The fourth-order valence-corrected chi connectivity index (χ4v) is 3.25. The topological polar surface area (TPSA) is 48.3 Å². The van der Waals surface area contributed by atoms with E-state index >= 15 is 0 Å². The maximum Gasteiger partial charge on any atom is 0.105 e. The molecular weight excluding hydrogens is 250 g/mol. The Bertz CT molecular complexity index is 342. The number of nitrogens with one attached hydrogen (secondary N) is 1. The smallest absolute Gasteiger partial charge is 0.105 e. The molecule has 1 saturated carbocycles. The highest BCUT2D eigenvalue weighted by atomic mass is 16.5. The molecule has 2 atom stereocenters. The minimum Gasteiger partial charge on any atom is -0.378 e. The summed E-state index contributed by atoms with van der Waals surface area (Å²) in [5.41, 5.74) is -0.378. The van der Waals surface area contributed by atoms with E-state index in [9.17, 15) is 5.26 Å². The summed E-state index contributed by atoms with van der Waals surface area (Å²) in [4.78, 5) is 2.51. The van der Waals surface area contributed by atoms with Crippen molar-refractivity contribution in [3.05, 3.63) is 0 Å². The van der Waals surface area contributed by atoms with Crippen LogP contribution in [-0.4, -0.2) is 48.3 Å². The molecule has 0 aromatic rings. The van der Waals surface area contributed by atoms with Gasteiger partial charge in [0.25, 0.3) is 0 Å². The Hall–Kier alpha value is -0.630. The zero-order valence-corrected chi connectivity index (χ0v) is 13.2. The van der Waals surface area contributed by atoms with Crippen LogP contribution in [0, 0.1) is 11.3 Å². The second kappa shape index (κ2) is 6.89. The summed E-state index contributed by atoms with van der Waals surface area (Å²) in [7, 11) is 0. The largest absolute Gasteiger partial charge is 0.378 e. The van der Waals surface area contributed by atoms with E-state index in [0.29, 0.717) is 18.2 Å². The van der Waals surface area contributed by atoms with Crippen molar-refractivity contribution in [2.45, 2.75) is 76.6 Å². The Morgan fingerprint density at radius 3 is 2.50 bits per heavy atom. The van der Waals surface area contributed by atoms with E-state index in [0.717, 1.165) is 39.0 Å². The number of nitriles is 1. The molecule has 1 N–H and O–H groups in total.